The Hall–Kier alpha value is -0.890. The minimum Gasteiger partial charge on any atom is -0.321 e. The summed E-state index contributed by atoms with van der Waals surface area (Å²) in [5.74, 6) is 0.871. The van der Waals surface area contributed by atoms with Crippen LogP contribution in [0.15, 0.2) is 48.3 Å². The minimum absolute atomic E-state index is 0.725. The van der Waals surface area contributed by atoms with Crippen molar-refractivity contribution in [2.24, 2.45) is 0 Å². The van der Waals surface area contributed by atoms with Gasteiger partial charge >= 0.3 is 7.60 Å². The van der Waals surface area contributed by atoms with E-state index in [0.717, 1.165) is 11.4 Å². The molecular weight excluding hydrogens is 187 g/mol. The first-order valence-corrected chi connectivity index (χ1v) is 5.37. The topological polar surface area (TPSA) is 57.5 Å². The molecule has 0 aromatic rings. The normalized spacial score (nSPS) is 14.2. The maximum atomic E-state index is 10.5. The molecule has 2 N–H and O–H groups in total. The molecular formula is C9H13O3P. The highest BCUT2D eigenvalue weighted by Gasteiger charge is 2.04. The van der Waals surface area contributed by atoms with Gasteiger partial charge in [0.25, 0.3) is 0 Å². The molecule has 0 atom stereocenters. The Morgan fingerprint density at radius 3 is 2.38 bits per heavy atom. The summed E-state index contributed by atoms with van der Waals surface area (Å²) in [6.07, 6.45) is 8.11. The Kier molecular flexibility index (Phi) is 5.31. The van der Waals surface area contributed by atoms with E-state index in [-0.39, 0.29) is 0 Å². The van der Waals surface area contributed by atoms with Crippen LogP contribution < -0.4 is 0 Å². The van der Waals surface area contributed by atoms with E-state index in [1.807, 2.05) is 0 Å². The molecule has 0 saturated carbocycles. The first kappa shape index (κ1) is 12.1. The standard InChI is InChI=1S/C9H13O3P/c1-3-5-6-9(4-2)7-8-13(10,11)12/h3-8H,1H2,2H3,(H2,10,11,12)/b6-5-,8-7+,9-4+. The van der Waals surface area contributed by atoms with E-state index in [1.54, 1.807) is 31.2 Å². The fourth-order valence-corrected chi connectivity index (χ4v) is 0.977. The maximum absolute atomic E-state index is 10.5. The molecule has 3 nitrogen and oxygen atoms in total. The predicted octanol–water partition coefficient (Wildman–Crippen LogP) is 2.37. The molecule has 0 saturated heterocycles. The zero-order valence-electron chi connectivity index (χ0n) is 7.42. The molecule has 0 aliphatic carbocycles. The Morgan fingerprint density at radius 1 is 1.38 bits per heavy atom. The number of rotatable bonds is 4. The first-order chi connectivity index (χ1) is 5.99. The van der Waals surface area contributed by atoms with Gasteiger partial charge in [0.1, 0.15) is 0 Å². The van der Waals surface area contributed by atoms with E-state index in [1.165, 1.54) is 6.08 Å². The molecule has 0 aliphatic heterocycles. The van der Waals surface area contributed by atoms with Gasteiger partial charge in [-0.05, 0) is 18.6 Å². The predicted molar refractivity (Wildman–Crippen MR) is 54.3 cm³/mol. The largest absolute Gasteiger partial charge is 0.349 e. The van der Waals surface area contributed by atoms with Crippen molar-refractivity contribution in [3.05, 3.63) is 48.3 Å². The van der Waals surface area contributed by atoms with E-state index in [0.29, 0.717) is 0 Å². The van der Waals surface area contributed by atoms with E-state index in [2.05, 4.69) is 6.58 Å². The van der Waals surface area contributed by atoms with E-state index in [9.17, 15) is 4.57 Å². The lowest BCUT2D eigenvalue weighted by Crippen LogP contribution is -1.72. The average molecular weight is 200 g/mol. The van der Waals surface area contributed by atoms with E-state index < -0.39 is 7.60 Å². The van der Waals surface area contributed by atoms with Crippen LogP contribution in [0.3, 0.4) is 0 Å². The van der Waals surface area contributed by atoms with Crippen LogP contribution in [0.25, 0.3) is 0 Å². The van der Waals surface area contributed by atoms with E-state index in [4.69, 9.17) is 9.79 Å². The van der Waals surface area contributed by atoms with Crippen LogP contribution in [-0.4, -0.2) is 9.79 Å². The van der Waals surface area contributed by atoms with Gasteiger partial charge in [0.2, 0.25) is 0 Å². The molecule has 0 fully saturated rings. The fourth-order valence-electron chi connectivity index (χ4n) is 0.610. The SMILES string of the molecule is C=C\C=C/C(/C=C/P(=O)(O)O)=C\C. The molecule has 0 aliphatic rings. The lowest BCUT2D eigenvalue weighted by atomic mass is 10.2. The van der Waals surface area contributed by atoms with Crippen molar-refractivity contribution < 1.29 is 14.4 Å². The highest BCUT2D eigenvalue weighted by molar-refractivity contribution is 7.55. The Morgan fingerprint density at radius 2 is 2.00 bits per heavy atom. The van der Waals surface area contributed by atoms with Crippen molar-refractivity contribution in [2.75, 3.05) is 0 Å². The summed E-state index contributed by atoms with van der Waals surface area (Å²) in [4.78, 5) is 17.1. The van der Waals surface area contributed by atoms with Crippen LogP contribution in [0.2, 0.25) is 0 Å². The second-order valence-corrected chi connectivity index (χ2v) is 3.76. The summed E-state index contributed by atoms with van der Waals surface area (Å²) in [6, 6.07) is 0. The number of hydrogen-bond acceptors (Lipinski definition) is 1. The molecule has 0 spiro atoms. The summed E-state index contributed by atoms with van der Waals surface area (Å²) in [6.45, 7) is 5.27. The first-order valence-electron chi connectivity index (χ1n) is 3.69. The van der Waals surface area contributed by atoms with Crippen LogP contribution in [-0.2, 0) is 4.57 Å². The fraction of sp³-hybridized carbons (Fsp3) is 0.111. The van der Waals surface area contributed by atoms with Crippen molar-refractivity contribution in [3.63, 3.8) is 0 Å². The van der Waals surface area contributed by atoms with Gasteiger partial charge in [-0.25, -0.2) is 0 Å². The molecule has 0 aromatic carbocycles. The Labute approximate surface area is 78.0 Å². The molecule has 0 radical (unpaired) electrons. The molecule has 72 valence electrons. The summed E-state index contributed by atoms with van der Waals surface area (Å²) >= 11 is 0. The van der Waals surface area contributed by atoms with Gasteiger partial charge < -0.3 is 9.79 Å². The molecule has 0 rings (SSSR count). The highest BCUT2D eigenvalue weighted by Crippen LogP contribution is 2.36. The van der Waals surface area contributed by atoms with Crippen LogP contribution >= 0.6 is 7.60 Å². The van der Waals surface area contributed by atoms with E-state index >= 15 is 0 Å². The third-order valence-corrected chi connectivity index (χ3v) is 1.76. The summed E-state index contributed by atoms with van der Waals surface area (Å²) < 4.78 is 10.5. The maximum Gasteiger partial charge on any atom is 0.349 e. The van der Waals surface area contributed by atoms with Crippen molar-refractivity contribution in [1.82, 2.24) is 0 Å². The smallest absolute Gasteiger partial charge is 0.321 e. The molecule has 0 aromatic heterocycles. The number of hydrogen-bond donors (Lipinski definition) is 2. The minimum atomic E-state index is -4.05. The molecule has 0 heterocycles. The summed E-state index contributed by atoms with van der Waals surface area (Å²) in [5.41, 5.74) is 0.725. The molecule has 0 amide bonds. The van der Waals surface area contributed by atoms with Crippen molar-refractivity contribution in [3.8, 4) is 0 Å². The van der Waals surface area contributed by atoms with Crippen LogP contribution in [0.1, 0.15) is 6.92 Å². The van der Waals surface area contributed by atoms with Crippen LogP contribution in [0, 0.1) is 0 Å². The molecule has 0 unspecified atom stereocenters. The third-order valence-electron chi connectivity index (χ3n) is 1.22. The highest BCUT2D eigenvalue weighted by atomic mass is 31.2. The van der Waals surface area contributed by atoms with Gasteiger partial charge in [-0.1, -0.05) is 30.9 Å². The quantitative estimate of drug-likeness (QED) is 0.541. The van der Waals surface area contributed by atoms with Crippen molar-refractivity contribution >= 4 is 7.60 Å². The lowest BCUT2D eigenvalue weighted by Gasteiger charge is -1.94. The van der Waals surface area contributed by atoms with Crippen LogP contribution in [0.4, 0.5) is 0 Å². The Bertz CT molecular complexity index is 294. The van der Waals surface area contributed by atoms with Gasteiger partial charge in [0.05, 0.1) is 0 Å². The van der Waals surface area contributed by atoms with Crippen molar-refractivity contribution in [1.29, 1.82) is 0 Å². The summed E-state index contributed by atoms with van der Waals surface area (Å²) in [5, 5.41) is 0. The van der Waals surface area contributed by atoms with Crippen molar-refractivity contribution in [2.45, 2.75) is 6.92 Å². The number of allylic oxidation sites excluding steroid dienone is 6. The second kappa shape index (κ2) is 5.70. The van der Waals surface area contributed by atoms with Crippen LogP contribution in [0.5, 0.6) is 0 Å². The third kappa shape index (κ3) is 7.47. The van der Waals surface area contributed by atoms with Gasteiger partial charge in [-0.15, -0.1) is 0 Å². The molecule has 13 heavy (non-hydrogen) atoms. The average Bonchev–Trinajstić information content (AvgIpc) is 2.03. The monoisotopic (exact) mass is 200 g/mol. The van der Waals surface area contributed by atoms with Gasteiger partial charge in [-0.2, -0.15) is 0 Å². The molecule has 4 heteroatoms. The van der Waals surface area contributed by atoms with Gasteiger partial charge in [0, 0.05) is 5.82 Å². The van der Waals surface area contributed by atoms with Gasteiger partial charge in [-0.3, -0.25) is 4.57 Å². The van der Waals surface area contributed by atoms with Gasteiger partial charge in [0.15, 0.2) is 0 Å². The lowest BCUT2D eigenvalue weighted by molar-refractivity contribution is 0.386. The molecule has 0 bridgehead atoms. The zero-order chi connectivity index (χ0) is 10.3. The summed E-state index contributed by atoms with van der Waals surface area (Å²) in [7, 11) is -4.05. The second-order valence-electron chi connectivity index (χ2n) is 2.29. The Balaban J connectivity index is 4.49. The zero-order valence-corrected chi connectivity index (χ0v) is 8.32.